The van der Waals surface area contributed by atoms with Crippen molar-refractivity contribution in [2.24, 2.45) is 0 Å². The molecule has 0 fully saturated rings. The highest BCUT2D eigenvalue weighted by molar-refractivity contribution is 5.73. The van der Waals surface area contributed by atoms with Crippen molar-refractivity contribution in [2.75, 3.05) is 0 Å². The van der Waals surface area contributed by atoms with Crippen molar-refractivity contribution in [1.29, 1.82) is 0 Å². The molecule has 14 aromatic rings. The lowest BCUT2D eigenvalue weighted by Crippen LogP contribution is -2.03. The minimum atomic E-state index is -0.0268. The standard InChI is InChI=1S/C106H84O28/c107-65-127-87-19-3-73(4-20-87)53-115-99-39-83(40-100(49-99)116-54-74-5-21-88(22-6-74)128-66-108)61-123-95-35-81(36-96(47-95)124-62-84-41-101(117-55-75-7-23-89(24-8-75)129-67-109)50-102(42-84)118-56-76-9-25-90(26-10-76)130-68-110)1-2-82-37-97(125-63-85-43-103(119-57-77-11-27-91(28-12-77)131-69-111)51-104(44-85)120-58-78-13-29-92(30-14-78)132-70-112)48-98(38-82)126-64-86-45-105(121-59-79-15-31-93(32-16-79)133-71-113)52-106(46-86)122-60-80-17-33-94(34-18-80)134-72-114/h1-52,65-72H,53-64H2/b2-1+. The molecule has 0 aliphatic rings. The first-order valence-corrected chi connectivity index (χ1v) is 41.4. The SMILES string of the molecule is O=COc1ccc(COc2cc(COc3cc(/C=C/c4cc(OCc5cc(OCc6ccc(OC=O)cc6)cc(OCc6ccc(OC=O)cc6)c5)cc(OCc5cc(OCc6ccc(OC=O)cc6)cc(OCc6ccc(OC=O)cc6)c5)c4)cc(OCc4cc(OCc5ccc(OC=O)cc5)cc(OCc5ccc(OC=O)cc5)c4)c3)cc(OCc3ccc(OC=O)cc3)c2)cc1. The van der Waals surface area contributed by atoms with Crippen LogP contribution in [0, 0.1) is 0 Å². The van der Waals surface area contributed by atoms with Crippen molar-refractivity contribution in [2.45, 2.75) is 79.3 Å². The minimum Gasteiger partial charge on any atom is -0.489 e. The fourth-order valence-electron chi connectivity index (χ4n) is 13.2. The summed E-state index contributed by atoms with van der Waals surface area (Å²) >= 11 is 0. The van der Waals surface area contributed by atoms with Crippen LogP contribution in [0.3, 0.4) is 0 Å². The van der Waals surface area contributed by atoms with E-state index < -0.39 is 0 Å². The van der Waals surface area contributed by atoms with Crippen LogP contribution >= 0.6 is 0 Å². The second kappa shape index (κ2) is 48.4. The van der Waals surface area contributed by atoms with Gasteiger partial charge < -0.3 is 94.7 Å². The van der Waals surface area contributed by atoms with Gasteiger partial charge in [-0.05, 0) is 248 Å². The maximum Gasteiger partial charge on any atom is 0.298 e. The van der Waals surface area contributed by atoms with Gasteiger partial charge in [-0.2, -0.15) is 0 Å². The molecule has 134 heavy (non-hydrogen) atoms. The number of carbonyl (C=O) groups excluding carboxylic acids is 8. The molecule has 0 unspecified atom stereocenters. The van der Waals surface area contributed by atoms with Gasteiger partial charge in [-0.25, -0.2) is 0 Å². The predicted octanol–water partition coefficient (Wildman–Crippen LogP) is 19.1. The van der Waals surface area contributed by atoms with E-state index in [4.69, 9.17) is 94.7 Å². The number of rotatable bonds is 54. The van der Waals surface area contributed by atoms with Gasteiger partial charge in [0.1, 0.15) is 194 Å². The maximum absolute atomic E-state index is 11.1. The van der Waals surface area contributed by atoms with E-state index >= 15 is 0 Å². The number of benzene rings is 14. The van der Waals surface area contributed by atoms with Gasteiger partial charge in [0.05, 0.1) is 0 Å². The molecule has 0 amide bonds. The fraction of sp³-hybridized carbons (Fsp3) is 0.113. The topological polar surface area (TPSA) is 321 Å². The molecule has 0 aliphatic carbocycles. The monoisotopic (exact) mass is 1800 g/mol. The Morgan fingerprint density at radius 1 is 0.127 bits per heavy atom. The third kappa shape index (κ3) is 29.4. The zero-order valence-corrected chi connectivity index (χ0v) is 71.6. The van der Waals surface area contributed by atoms with Crippen molar-refractivity contribution in [3.63, 3.8) is 0 Å². The van der Waals surface area contributed by atoms with E-state index in [2.05, 4.69) is 0 Å². The van der Waals surface area contributed by atoms with Gasteiger partial charge in [-0.3, -0.25) is 38.4 Å². The molecule has 14 aromatic carbocycles. The van der Waals surface area contributed by atoms with Gasteiger partial charge in [-0.1, -0.05) is 109 Å². The van der Waals surface area contributed by atoms with Crippen LogP contribution in [0.15, 0.2) is 303 Å². The highest BCUT2D eigenvalue weighted by atomic mass is 16.6. The van der Waals surface area contributed by atoms with Crippen LogP contribution in [0.4, 0.5) is 0 Å². The van der Waals surface area contributed by atoms with E-state index in [1.54, 1.807) is 231 Å². The largest absolute Gasteiger partial charge is 0.489 e. The van der Waals surface area contributed by atoms with Crippen LogP contribution in [0.5, 0.6) is 115 Å². The van der Waals surface area contributed by atoms with Crippen molar-refractivity contribution < 1.29 is 133 Å². The minimum absolute atomic E-state index is 0.0268. The molecular weight excluding hydrogens is 1720 g/mol. The smallest absolute Gasteiger partial charge is 0.298 e. The Labute approximate surface area is 768 Å². The summed E-state index contributed by atoms with van der Waals surface area (Å²) in [6.45, 7) is 3.74. The van der Waals surface area contributed by atoms with Crippen LogP contribution in [0.25, 0.3) is 12.2 Å². The number of carbonyl (C=O) groups is 8. The fourth-order valence-corrected chi connectivity index (χ4v) is 13.2. The molecule has 0 bridgehead atoms. The normalized spacial score (nSPS) is 10.7. The summed E-state index contributed by atoms with van der Waals surface area (Å²) in [6.07, 6.45) is 3.75. The summed E-state index contributed by atoms with van der Waals surface area (Å²) in [6, 6.07) is 87.5. The zero-order chi connectivity index (χ0) is 92.7. The first-order valence-electron chi connectivity index (χ1n) is 41.4. The van der Waals surface area contributed by atoms with Crippen LogP contribution in [0.2, 0.25) is 0 Å². The van der Waals surface area contributed by atoms with E-state index in [0.717, 1.165) is 44.5 Å². The quantitative estimate of drug-likeness (QED) is 0.0252. The highest BCUT2D eigenvalue weighted by Gasteiger charge is 2.17. The molecular formula is C106H84O28. The van der Waals surface area contributed by atoms with Gasteiger partial charge in [-0.15, -0.1) is 0 Å². The van der Waals surface area contributed by atoms with Crippen LogP contribution in [-0.4, -0.2) is 51.8 Å². The first kappa shape index (κ1) is 92.4. The predicted molar refractivity (Wildman–Crippen MR) is 485 cm³/mol. The molecule has 0 atom stereocenters. The molecule has 0 saturated carbocycles. The molecule has 0 aliphatic heterocycles. The molecule has 0 spiro atoms. The summed E-state index contributed by atoms with van der Waals surface area (Å²) < 4.78 is 119. The third-order valence-electron chi connectivity index (χ3n) is 19.8. The molecule has 28 nitrogen and oxygen atoms in total. The van der Waals surface area contributed by atoms with Crippen molar-refractivity contribution in [1.82, 2.24) is 0 Å². The molecule has 676 valence electrons. The first-order chi connectivity index (χ1) is 65.8. The average Bonchev–Trinajstić information content (AvgIpc) is 0.804. The van der Waals surface area contributed by atoms with E-state index in [1.165, 1.54) is 0 Å². The summed E-state index contributed by atoms with van der Waals surface area (Å²) in [5.41, 5.74) is 10.0. The van der Waals surface area contributed by atoms with Gasteiger partial charge in [0, 0.05) is 36.4 Å². The second-order valence-electron chi connectivity index (χ2n) is 29.4. The Bertz CT molecular complexity index is 5230. The van der Waals surface area contributed by atoms with Gasteiger partial charge >= 0.3 is 0 Å². The summed E-state index contributed by atoms with van der Waals surface area (Å²) in [5.74, 6) is 7.95. The van der Waals surface area contributed by atoms with Gasteiger partial charge in [0.15, 0.2) is 0 Å². The molecule has 0 saturated heterocycles. The number of hydrogen-bond acceptors (Lipinski definition) is 28. The lowest BCUT2D eigenvalue weighted by molar-refractivity contribution is -0.121. The summed E-state index contributed by atoms with van der Waals surface area (Å²) in [4.78, 5) is 89.0. The van der Waals surface area contributed by atoms with Crippen molar-refractivity contribution in [3.05, 3.63) is 381 Å². The van der Waals surface area contributed by atoms with Crippen LogP contribution in [-0.2, 0) is 118 Å². The Hall–Kier alpha value is -17.8. The molecule has 0 radical (unpaired) electrons. The van der Waals surface area contributed by atoms with Crippen molar-refractivity contribution in [3.8, 4) is 115 Å². The van der Waals surface area contributed by atoms with Crippen LogP contribution < -0.4 is 94.7 Å². The van der Waals surface area contributed by atoms with Gasteiger partial charge in [0.25, 0.3) is 51.8 Å². The Morgan fingerprint density at radius 2 is 0.239 bits per heavy atom. The second-order valence-corrected chi connectivity index (χ2v) is 29.4. The van der Waals surface area contributed by atoms with E-state index in [9.17, 15) is 38.4 Å². The third-order valence-corrected chi connectivity index (χ3v) is 19.8. The van der Waals surface area contributed by atoms with Crippen LogP contribution in [0.1, 0.15) is 77.9 Å². The Kier molecular flexibility index (Phi) is 33.3. The average molecular weight is 1810 g/mol. The summed E-state index contributed by atoms with van der Waals surface area (Å²) in [5, 5.41) is 0. The molecule has 0 heterocycles. The lowest BCUT2D eigenvalue weighted by atomic mass is 10.1. The van der Waals surface area contributed by atoms with Crippen molar-refractivity contribution >= 4 is 63.9 Å². The van der Waals surface area contributed by atoms with E-state index in [0.29, 0.717) is 200 Å². The maximum atomic E-state index is 11.1. The Balaban J connectivity index is 0.810. The van der Waals surface area contributed by atoms with E-state index in [1.807, 2.05) is 84.9 Å². The molecule has 0 aromatic heterocycles. The summed E-state index contributed by atoms with van der Waals surface area (Å²) in [7, 11) is 0. The molecule has 28 heteroatoms. The number of hydrogen-bond donors (Lipinski definition) is 0. The molecule has 0 N–H and O–H groups in total. The lowest BCUT2D eigenvalue weighted by Gasteiger charge is -2.16. The molecule has 14 rings (SSSR count). The number of ether oxygens (including phenoxy) is 20. The highest BCUT2D eigenvalue weighted by Crippen LogP contribution is 2.36. The zero-order valence-electron chi connectivity index (χ0n) is 71.6. The van der Waals surface area contributed by atoms with E-state index in [-0.39, 0.29) is 79.3 Å². The Morgan fingerprint density at radius 3 is 0.358 bits per heavy atom. The van der Waals surface area contributed by atoms with Gasteiger partial charge in [0.2, 0.25) is 0 Å².